The molecule has 2 fully saturated rings. The number of aryl methyl sites for hydroxylation is 1. The molecule has 30 heavy (non-hydrogen) atoms. The zero-order valence-corrected chi connectivity index (χ0v) is 16.2. The highest BCUT2D eigenvalue weighted by Crippen LogP contribution is 2.53. The molecule has 2 aromatic rings. The molecule has 2 aromatic carbocycles. The number of fused-ring (bicyclic) bond motifs is 4. The normalized spacial score (nSPS) is 29.4. The minimum Gasteiger partial charge on any atom is -0.733 e. The fourth-order valence-corrected chi connectivity index (χ4v) is 5.12. The van der Waals surface area contributed by atoms with E-state index in [1.165, 1.54) is 12.1 Å². The lowest BCUT2D eigenvalue weighted by Crippen LogP contribution is -2.53. The summed E-state index contributed by atoms with van der Waals surface area (Å²) in [6.07, 6.45) is 0. The van der Waals surface area contributed by atoms with Crippen molar-refractivity contribution in [3.05, 3.63) is 58.8 Å². The largest absolute Gasteiger partial charge is 0.733 e. The number of carbonyl (C=O) groups excluding carboxylic acids is 3. The van der Waals surface area contributed by atoms with Gasteiger partial charge in [-0.2, -0.15) is 0 Å². The maximum absolute atomic E-state index is 13.6. The fourth-order valence-electron chi connectivity index (χ4n) is 5.12. The zero-order chi connectivity index (χ0) is 21.4. The minimum absolute atomic E-state index is 0.0990. The Hall–Kier alpha value is -3.27. The molecule has 1 spiro atoms. The maximum Gasteiger partial charge on any atom is 0.250 e. The first-order valence-electron chi connectivity index (χ1n) is 9.60. The Bertz CT molecular complexity index is 1120. The van der Waals surface area contributed by atoms with Crippen LogP contribution in [0.2, 0.25) is 0 Å². The molecule has 9 heteroatoms. The average Bonchev–Trinajstić information content (AvgIpc) is 3.27. The van der Waals surface area contributed by atoms with Crippen LogP contribution in [0, 0.1) is 24.0 Å². The molecular formula is C21H19N4O5-. The van der Waals surface area contributed by atoms with E-state index < -0.39 is 35.2 Å². The molecule has 4 atom stereocenters. The lowest BCUT2D eigenvalue weighted by atomic mass is 9.76. The topological polar surface area (TPSA) is 125 Å². The van der Waals surface area contributed by atoms with Crippen LogP contribution in [0.1, 0.15) is 18.1 Å². The molecule has 0 bridgehead atoms. The smallest absolute Gasteiger partial charge is 0.250 e. The molecule has 5 rings (SSSR count). The van der Waals surface area contributed by atoms with Gasteiger partial charge in [-0.15, -0.1) is 0 Å². The van der Waals surface area contributed by atoms with Gasteiger partial charge in [0.05, 0.1) is 23.2 Å². The number of amides is 3. The van der Waals surface area contributed by atoms with E-state index in [1.54, 1.807) is 44.2 Å². The minimum atomic E-state index is -1.34. The van der Waals surface area contributed by atoms with Crippen molar-refractivity contribution in [3.8, 4) is 0 Å². The van der Waals surface area contributed by atoms with Crippen molar-refractivity contribution in [1.82, 2.24) is 5.32 Å². The predicted molar refractivity (Wildman–Crippen MR) is 108 cm³/mol. The average molecular weight is 407 g/mol. The number of carbonyl (C=O) groups is 3. The Kier molecular flexibility index (Phi) is 3.82. The summed E-state index contributed by atoms with van der Waals surface area (Å²) < 4.78 is 0. The summed E-state index contributed by atoms with van der Waals surface area (Å²) in [5.74, 6) is -2.98. The van der Waals surface area contributed by atoms with E-state index in [0.717, 1.165) is 4.90 Å². The van der Waals surface area contributed by atoms with Gasteiger partial charge < -0.3 is 15.8 Å². The van der Waals surface area contributed by atoms with Crippen molar-refractivity contribution >= 4 is 34.8 Å². The van der Waals surface area contributed by atoms with Crippen molar-refractivity contribution < 1.29 is 19.6 Å². The Labute approximate surface area is 171 Å². The van der Waals surface area contributed by atoms with Crippen molar-refractivity contribution in [1.29, 1.82) is 0 Å². The molecule has 3 heterocycles. The molecule has 3 aliphatic heterocycles. The van der Waals surface area contributed by atoms with E-state index in [2.05, 4.69) is 10.6 Å². The number of hydrogen-bond donors (Lipinski definition) is 3. The molecule has 0 saturated carbocycles. The van der Waals surface area contributed by atoms with E-state index in [0.29, 0.717) is 16.8 Å². The molecule has 154 valence electrons. The van der Waals surface area contributed by atoms with Gasteiger partial charge in [-0.1, -0.05) is 24.3 Å². The van der Waals surface area contributed by atoms with E-state index in [1.807, 2.05) is 0 Å². The van der Waals surface area contributed by atoms with E-state index in [9.17, 15) is 24.8 Å². The summed E-state index contributed by atoms with van der Waals surface area (Å²) in [5.41, 5.74) is 0.632. The summed E-state index contributed by atoms with van der Waals surface area (Å²) in [6.45, 7) is 3.49. The third-order valence-electron chi connectivity index (χ3n) is 6.42. The monoisotopic (exact) mass is 407 g/mol. The quantitative estimate of drug-likeness (QED) is 0.510. The molecule has 3 N–H and O–H groups in total. The standard InChI is InChI=1S/C21H19N4O5/c1-10-7-8-12(25(29)30)9-15(10)24-18(26)16-11(2)23-21(17(16)19(24)27)13-5-3-4-6-14(13)22-20(21)28/h3-9,11,16-17,23,29H,1-2H3,(H,22,28)/q-1/t11-,16+,17-,21+/m0/s1. The van der Waals surface area contributed by atoms with Crippen LogP contribution in [0.3, 0.4) is 0 Å². The van der Waals surface area contributed by atoms with Gasteiger partial charge in [0, 0.05) is 17.3 Å². The van der Waals surface area contributed by atoms with Gasteiger partial charge in [0.2, 0.25) is 17.7 Å². The molecule has 9 nitrogen and oxygen atoms in total. The van der Waals surface area contributed by atoms with Crippen molar-refractivity contribution in [2.75, 3.05) is 15.4 Å². The van der Waals surface area contributed by atoms with Crippen LogP contribution in [-0.4, -0.2) is 29.0 Å². The van der Waals surface area contributed by atoms with E-state index in [-0.39, 0.29) is 22.5 Å². The van der Waals surface area contributed by atoms with Gasteiger partial charge in [-0.3, -0.25) is 24.9 Å². The Balaban J connectivity index is 1.66. The number of anilines is 3. The highest BCUT2D eigenvalue weighted by atomic mass is 16.8. The maximum atomic E-state index is 13.6. The number of nitrogens with zero attached hydrogens (tertiary/aromatic N) is 2. The molecule has 0 aromatic heterocycles. The first kappa shape index (κ1) is 18.7. The molecule has 0 radical (unpaired) electrons. The molecule has 0 aliphatic carbocycles. The number of benzene rings is 2. The third-order valence-corrected chi connectivity index (χ3v) is 6.42. The molecule has 2 saturated heterocycles. The molecule has 3 amide bonds. The van der Waals surface area contributed by atoms with Crippen LogP contribution in [0.5, 0.6) is 0 Å². The molecule has 0 unspecified atom stereocenters. The van der Waals surface area contributed by atoms with Crippen LogP contribution in [0.25, 0.3) is 0 Å². The van der Waals surface area contributed by atoms with Crippen LogP contribution >= 0.6 is 0 Å². The molecular weight excluding hydrogens is 388 g/mol. The second-order valence-corrected chi connectivity index (χ2v) is 8.00. The van der Waals surface area contributed by atoms with Gasteiger partial charge in [0.1, 0.15) is 5.54 Å². The molecule has 3 aliphatic rings. The van der Waals surface area contributed by atoms with Gasteiger partial charge in [-0.05, 0) is 37.6 Å². The van der Waals surface area contributed by atoms with Gasteiger partial charge >= 0.3 is 0 Å². The Morgan fingerprint density at radius 2 is 1.87 bits per heavy atom. The van der Waals surface area contributed by atoms with Crippen molar-refractivity contribution in [3.63, 3.8) is 0 Å². The fraction of sp³-hybridized carbons (Fsp3) is 0.286. The van der Waals surface area contributed by atoms with Crippen molar-refractivity contribution in [2.24, 2.45) is 11.8 Å². The summed E-state index contributed by atoms with van der Waals surface area (Å²) in [5, 5.41) is 26.3. The summed E-state index contributed by atoms with van der Waals surface area (Å²) >= 11 is 0. The SMILES string of the molecule is Cc1ccc(N([O-])O)cc1N1C(=O)[C@@H]2[C@H](C)N[C@@]3(C(=O)Nc4ccccc43)[C@@H]2C1=O. The number of rotatable bonds is 2. The van der Waals surface area contributed by atoms with Crippen LogP contribution < -0.4 is 20.8 Å². The number of hydrogen-bond acceptors (Lipinski definition) is 7. The van der Waals surface area contributed by atoms with Gasteiger partial charge in [0.15, 0.2) is 0 Å². The number of imide groups is 1. The lowest BCUT2D eigenvalue weighted by Gasteiger charge is -2.30. The second kappa shape index (κ2) is 6.11. The van der Waals surface area contributed by atoms with Crippen LogP contribution in [0.15, 0.2) is 42.5 Å². The van der Waals surface area contributed by atoms with Crippen LogP contribution in [0.4, 0.5) is 17.1 Å². The zero-order valence-electron chi connectivity index (χ0n) is 16.2. The first-order valence-corrected chi connectivity index (χ1v) is 9.60. The second-order valence-electron chi connectivity index (χ2n) is 8.00. The number of para-hydroxylation sites is 1. The van der Waals surface area contributed by atoms with Gasteiger partial charge in [-0.25, -0.2) is 4.90 Å². The van der Waals surface area contributed by atoms with E-state index in [4.69, 9.17) is 0 Å². The predicted octanol–water partition coefficient (Wildman–Crippen LogP) is 1.63. The Morgan fingerprint density at radius 1 is 1.13 bits per heavy atom. The first-order chi connectivity index (χ1) is 14.3. The highest BCUT2D eigenvalue weighted by molar-refractivity contribution is 6.26. The van der Waals surface area contributed by atoms with Gasteiger partial charge in [0.25, 0.3) is 0 Å². The highest BCUT2D eigenvalue weighted by Gasteiger charge is 2.69. The van der Waals surface area contributed by atoms with Crippen molar-refractivity contribution in [2.45, 2.75) is 25.4 Å². The Morgan fingerprint density at radius 3 is 2.60 bits per heavy atom. The summed E-state index contributed by atoms with van der Waals surface area (Å²) in [6, 6.07) is 10.9. The summed E-state index contributed by atoms with van der Waals surface area (Å²) in [4.78, 5) is 41.2. The summed E-state index contributed by atoms with van der Waals surface area (Å²) in [7, 11) is 0. The third kappa shape index (κ3) is 2.19. The van der Waals surface area contributed by atoms with E-state index >= 15 is 0 Å². The lowest BCUT2D eigenvalue weighted by molar-refractivity contribution is -0.130. The number of nitrogens with one attached hydrogen (secondary N) is 2. The van der Waals surface area contributed by atoms with Crippen LogP contribution in [-0.2, 0) is 19.9 Å².